The smallest absolute Gasteiger partial charge is 0.226 e. The van der Waals surface area contributed by atoms with Crippen molar-refractivity contribution in [3.63, 3.8) is 0 Å². The number of hydrogen-bond acceptors (Lipinski definition) is 4. The van der Waals surface area contributed by atoms with E-state index < -0.39 is 24.1 Å². The first-order valence-corrected chi connectivity index (χ1v) is 9.09. The maximum absolute atomic E-state index is 12.7. The second kappa shape index (κ2) is 9.32. The van der Waals surface area contributed by atoms with Gasteiger partial charge in [-0.15, -0.1) is 0 Å². The molecule has 25 heavy (non-hydrogen) atoms. The number of aliphatic hydroxyl groups is 1. The summed E-state index contributed by atoms with van der Waals surface area (Å²) in [6, 6.07) is 8.20. The van der Waals surface area contributed by atoms with Gasteiger partial charge in [-0.1, -0.05) is 50.6 Å². The van der Waals surface area contributed by atoms with Crippen LogP contribution in [0, 0.1) is 11.8 Å². The van der Waals surface area contributed by atoms with Crippen LogP contribution < -0.4 is 16.8 Å². The molecule has 0 radical (unpaired) electrons. The number of carbonyl (C=O) groups excluding carboxylic acids is 1. The molecular weight excluding hydrogens is 314 g/mol. The van der Waals surface area contributed by atoms with Gasteiger partial charge in [-0.05, 0) is 38.7 Å². The first-order valence-electron chi connectivity index (χ1n) is 9.09. The van der Waals surface area contributed by atoms with E-state index in [-0.39, 0.29) is 11.4 Å². The summed E-state index contributed by atoms with van der Waals surface area (Å²) in [6.45, 7) is 9.97. The molecule has 1 aromatic carbocycles. The summed E-state index contributed by atoms with van der Waals surface area (Å²) in [6.07, 6.45) is 0.416. The minimum atomic E-state index is -1.00. The van der Waals surface area contributed by atoms with E-state index in [1.807, 2.05) is 51.1 Å². The van der Waals surface area contributed by atoms with Crippen molar-refractivity contribution in [2.75, 3.05) is 0 Å². The Morgan fingerprint density at radius 3 is 2.16 bits per heavy atom. The highest BCUT2D eigenvalue weighted by molar-refractivity contribution is 5.80. The van der Waals surface area contributed by atoms with Crippen molar-refractivity contribution in [2.24, 2.45) is 23.3 Å². The molecule has 142 valence electrons. The molecule has 0 heterocycles. The predicted molar refractivity (Wildman–Crippen MR) is 103 cm³/mol. The van der Waals surface area contributed by atoms with Crippen molar-refractivity contribution in [1.82, 2.24) is 5.32 Å². The zero-order valence-electron chi connectivity index (χ0n) is 16.2. The highest BCUT2D eigenvalue weighted by Crippen LogP contribution is 2.24. The number of carbonyl (C=O) groups is 1. The number of rotatable bonds is 8. The SMILES string of the molecule is CC(C)CCC(C(=O)NC(C)(C)C)[C@@H](O)[C@H](N)C(N)c1ccccc1. The largest absolute Gasteiger partial charge is 0.391 e. The summed E-state index contributed by atoms with van der Waals surface area (Å²) in [5.41, 5.74) is 13.0. The Morgan fingerprint density at radius 2 is 1.68 bits per heavy atom. The normalized spacial score (nSPS) is 17.0. The third-order valence-corrected chi connectivity index (χ3v) is 4.30. The molecule has 1 rings (SSSR count). The van der Waals surface area contributed by atoms with Gasteiger partial charge in [0.2, 0.25) is 5.91 Å². The van der Waals surface area contributed by atoms with E-state index in [1.165, 1.54) is 0 Å². The summed E-state index contributed by atoms with van der Waals surface area (Å²) >= 11 is 0. The summed E-state index contributed by atoms with van der Waals surface area (Å²) in [5, 5.41) is 13.8. The third kappa shape index (κ3) is 7.14. The molecule has 0 aliphatic carbocycles. The fourth-order valence-corrected chi connectivity index (χ4v) is 2.81. The van der Waals surface area contributed by atoms with Gasteiger partial charge in [-0.3, -0.25) is 4.79 Å². The van der Waals surface area contributed by atoms with E-state index >= 15 is 0 Å². The van der Waals surface area contributed by atoms with E-state index in [4.69, 9.17) is 11.5 Å². The molecule has 6 N–H and O–H groups in total. The Balaban J connectivity index is 2.92. The van der Waals surface area contributed by atoms with Gasteiger partial charge in [0, 0.05) is 11.6 Å². The van der Waals surface area contributed by atoms with Crippen molar-refractivity contribution in [3.05, 3.63) is 35.9 Å². The topological polar surface area (TPSA) is 101 Å². The zero-order chi connectivity index (χ0) is 19.2. The third-order valence-electron chi connectivity index (χ3n) is 4.30. The van der Waals surface area contributed by atoms with Crippen LogP contribution in [0.5, 0.6) is 0 Å². The lowest BCUT2D eigenvalue weighted by Gasteiger charge is -2.33. The molecule has 2 unspecified atom stereocenters. The first kappa shape index (κ1) is 21.6. The fraction of sp³-hybridized carbons (Fsp3) is 0.650. The van der Waals surface area contributed by atoms with Gasteiger partial charge in [0.05, 0.1) is 18.1 Å². The van der Waals surface area contributed by atoms with E-state index in [0.29, 0.717) is 12.3 Å². The predicted octanol–water partition coefficient (Wildman–Crippen LogP) is 2.34. The Hall–Kier alpha value is -1.43. The highest BCUT2D eigenvalue weighted by atomic mass is 16.3. The van der Waals surface area contributed by atoms with Crippen LogP contribution in [0.3, 0.4) is 0 Å². The van der Waals surface area contributed by atoms with E-state index in [9.17, 15) is 9.90 Å². The van der Waals surface area contributed by atoms with Crippen molar-refractivity contribution in [1.29, 1.82) is 0 Å². The maximum Gasteiger partial charge on any atom is 0.226 e. The molecule has 4 atom stereocenters. The Kier molecular flexibility index (Phi) is 8.06. The number of benzene rings is 1. The van der Waals surface area contributed by atoms with E-state index in [0.717, 1.165) is 12.0 Å². The Labute approximate surface area is 152 Å². The van der Waals surface area contributed by atoms with Gasteiger partial charge in [-0.2, -0.15) is 0 Å². The molecule has 1 aromatic rings. The van der Waals surface area contributed by atoms with Crippen molar-refractivity contribution in [3.8, 4) is 0 Å². The monoisotopic (exact) mass is 349 g/mol. The summed E-state index contributed by atoms with van der Waals surface area (Å²) in [5.74, 6) is -0.307. The summed E-state index contributed by atoms with van der Waals surface area (Å²) in [7, 11) is 0. The van der Waals surface area contributed by atoms with Gasteiger partial charge < -0.3 is 21.9 Å². The minimum Gasteiger partial charge on any atom is -0.391 e. The first-order chi connectivity index (χ1) is 11.5. The number of aliphatic hydroxyl groups excluding tert-OH is 1. The minimum absolute atomic E-state index is 0.170. The Morgan fingerprint density at radius 1 is 1.12 bits per heavy atom. The number of amides is 1. The maximum atomic E-state index is 12.7. The number of nitrogens with two attached hydrogens (primary N) is 2. The molecule has 1 amide bonds. The fourth-order valence-electron chi connectivity index (χ4n) is 2.81. The van der Waals surface area contributed by atoms with Gasteiger partial charge >= 0.3 is 0 Å². The molecule has 5 heteroatoms. The molecule has 5 nitrogen and oxygen atoms in total. The second-order valence-corrected chi connectivity index (χ2v) is 8.32. The number of nitrogens with one attached hydrogen (secondary N) is 1. The quantitative estimate of drug-likeness (QED) is 0.578. The molecule has 0 fully saturated rings. The van der Waals surface area contributed by atoms with Crippen molar-refractivity contribution < 1.29 is 9.90 Å². The second-order valence-electron chi connectivity index (χ2n) is 8.32. The number of hydrogen-bond donors (Lipinski definition) is 4. The molecule has 0 spiro atoms. The van der Waals surface area contributed by atoms with Crippen LogP contribution in [0.2, 0.25) is 0 Å². The van der Waals surface area contributed by atoms with Crippen molar-refractivity contribution in [2.45, 2.75) is 71.2 Å². The molecule has 0 bridgehead atoms. The van der Waals surface area contributed by atoms with Gasteiger partial charge in [-0.25, -0.2) is 0 Å². The van der Waals surface area contributed by atoms with Crippen LogP contribution in [-0.2, 0) is 4.79 Å². The van der Waals surface area contributed by atoms with Gasteiger partial charge in [0.1, 0.15) is 0 Å². The standard InChI is InChI=1S/C20H35N3O2/c1-13(2)11-12-15(19(25)23-20(3,4)5)18(24)17(22)16(21)14-9-7-6-8-10-14/h6-10,13,15-18,24H,11-12,21-22H2,1-5H3,(H,23,25)/t15?,16?,17-,18-/m1/s1. The van der Waals surface area contributed by atoms with Gasteiger partial charge in [0.15, 0.2) is 0 Å². The van der Waals surface area contributed by atoms with E-state index in [2.05, 4.69) is 19.2 Å². The van der Waals surface area contributed by atoms with Gasteiger partial charge in [0.25, 0.3) is 0 Å². The lowest BCUT2D eigenvalue weighted by molar-refractivity contribution is -0.131. The molecule has 0 aromatic heterocycles. The van der Waals surface area contributed by atoms with Crippen LogP contribution in [0.4, 0.5) is 0 Å². The molecule has 0 aliphatic heterocycles. The molecule has 0 saturated carbocycles. The summed E-state index contributed by atoms with van der Waals surface area (Å²) in [4.78, 5) is 12.7. The lowest BCUT2D eigenvalue weighted by Crippen LogP contribution is -2.53. The average Bonchev–Trinajstić information content (AvgIpc) is 2.52. The highest BCUT2D eigenvalue weighted by Gasteiger charge is 2.35. The van der Waals surface area contributed by atoms with Crippen LogP contribution in [-0.4, -0.2) is 28.7 Å². The molecular formula is C20H35N3O2. The van der Waals surface area contributed by atoms with Crippen LogP contribution >= 0.6 is 0 Å². The average molecular weight is 350 g/mol. The van der Waals surface area contributed by atoms with Crippen LogP contribution in [0.25, 0.3) is 0 Å². The zero-order valence-corrected chi connectivity index (χ0v) is 16.2. The van der Waals surface area contributed by atoms with E-state index in [1.54, 1.807) is 0 Å². The van der Waals surface area contributed by atoms with Crippen molar-refractivity contribution >= 4 is 5.91 Å². The van der Waals surface area contributed by atoms with Crippen LogP contribution in [0.1, 0.15) is 59.1 Å². The lowest BCUT2D eigenvalue weighted by atomic mass is 9.84. The summed E-state index contributed by atoms with van der Waals surface area (Å²) < 4.78 is 0. The molecule has 0 aliphatic rings. The Bertz CT molecular complexity index is 525. The van der Waals surface area contributed by atoms with Crippen LogP contribution in [0.15, 0.2) is 30.3 Å². The molecule has 0 saturated heterocycles.